The first-order chi connectivity index (χ1) is 5.55. The van der Waals surface area contributed by atoms with Crippen molar-refractivity contribution in [1.29, 1.82) is 0 Å². The van der Waals surface area contributed by atoms with Crippen LogP contribution in [0.2, 0.25) is 0 Å². The third-order valence-electron chi connectivity index (χ3n) is 1.26. The van der Waals surface area contributed by atoms with Crippen molar-refractivity contribution in [3.05, 3.63) is 17.9 Å². The minimum Gasteiger partial charge on any atom is -0.451 e. The van der Waals surface area contributed by atoms with Crippen LogP contribution in [0.3, 0.4) is 0 Å². The number of furan rings is 1. The summed E-state index contributed by atoms with van der Waals surface area (Å²) in [5, 5.41) is 4.62. The number of primary sulfonamides is 1. The van der Waals surface area contributed by atoms with Crippen molar-refractivity contribution < 1.29 is 17.6 Å². The lowest BCUT2D eigenvalue weighted by molar-refractivity contribution is 0.180. The Morgan fingerprint density at radius 1 is 1.67 bits per heavy atom. The second kappa shape index (κ2) is 3.26. The Morgan fingerprint density at radius 3 is 2.83 bits per heavy atom. The number of hydrogen-bond donors (Lipinski definition) is 1. The first-order valence-electron chi connectivity index (χ1n) is 3.14. The van der Waals surface area contributed by atoms with Crippen LogP contribution in [0.1, 0.15) is 5.56 Å². The Kier molecular flexibility index (Phi) is 2.51. The molecule has 1 aromatic rings. The molecule has 0 amide bonds. The fourth-order valence-corrected chi connectivity index (χ4v) is 1.52. The van der Waals surface area contributed by atoms with Gasteiger partial charge in [0.05, 0.1) is 12.9 Å². The summed E-state index contributed by atoms with van der Waals surface area (Å²) in [4.78, 5) is 0. The van der Waals surface area contributed by atoms with Gasteiger partial charge < -0.3 is 9.15 Å². The second-order valence-corrected chi connectivity index (χ2v) is 3.67. The first-order valence-corrected chi connectivity index (χ1v) is 4.68. The van der Waals surface area contributed by atoms with Gasteiger partial charge in [0.25, 0.3) is 10.0 Å². The topological polar surface area (TPSA) is 82.5 Å². The zero-order chi connectivity index (χ0) is 9.19. The second-order valence-electron chi connectivity index (χ2n) is 2.21. The molecule has 6 heteroatoms. The van der Waals surface area contributed by atoms with E-state index in [1.54, 1.807) is 0 Å². The monoisotopic (exact) mass is 191 g/mol. The summed E-state index contributed by atoms with van der Waals surface area (Å²) in [6.07, 6.45) is 1.26. The number of hydrogen-bond acceptors (Lipinski definition) is 4. The fourth-order valence-electron chi connectivity index (χ4n) is 0.834. The molecule has 68 valence electrons. The van der Waals surface area contributed by atoms with Crippen molar-refractivity contribution >= 4 is 10.0 Å². The number of rotatable bonds is 3. The van der Waals surface area contributed by atoms with Crippen molar-refractivity contribution in [2.24, 2.45) is 5.14 Å². The normalized spacial score (nSPS) is 11.8. The van der Waals surface area contributed by atoms with E-state index in [2.05, 4.69) is 4.42 Å². The highest BCUT2D eigenvalue weighted by Gasteiger charge is 2.17. The van der Waals surface area contributed by atoms with Gasteiger partial charge in [-0.25, -0.2) is 13.6 Å². The van der Waals surface area contributed by atoms with E-state index in [0.717, 1.165) is 0 Å². The molecular weight excluding hydrogens is 182 g/mol. The van der Waals surface area contributed by atoms with E-state index in [4.69, 9.17) is 9.88 Å². The molecule has 1 heterocycles. The van der Waals surface area contributed by atoms with Gasteiger partial charge in [-0.2, -0.15) is 0 Å². The van der Waals surface area contributed by atoms with Gasteiger partial charge in [0.15, 0.2) is 0 Å². The molecule has 1 rings (SSSR count). The van der Waals surface area contributed by atoms with Crippen LogP contribution < -0.4 is 5.14 Å². The van der Waals surface area contributed by atoms with Crippen LogP contribution in [0.25, 0.3) is 0 Å². The molecule has 2 N–H and O–H groups in total. The van der Waals surface area contributed by atoms with Crippen molar-refractivity contribution in [3.8, 4) is 0 Å². The molecule has 0 spiro atoms. The SMILES string of the molecule is COCc1ccoc1S(N)(=O)=O. The van der Waals surface area contributed by atoms with Crippen molar-refractivity contribution in [2.75, 3.05) is 7.11 Å². The summed E-state index contributed by atoms with van der Waals surface area (Å²) in [6.45, 7) is 0.169. The van der Waals surface area contributed by atoms with Crippen LogP contribution in [-0.2, 0) is 21.4 Å². The number of sulfonamides is 1. The van der Waals surface area contributed by atoms with Crippen molar-refractivity contribution in [1.82, 2.24) is 0 Å². The quantitative estimate of drug-likeness (QED) is 0.733. The highest BCUT2D eigenvalue weighted by Crippen LogP contribution is 2.15. The van der Waals surface area contributed by atoms with E-state index in [1.165, 1.54) is 19.4 Å². The van der Waals surface area contributed by atoms with E-state index in [0.29, 0.717) is 5.56 Å². The highest BCUT2D eigenvalue weighted by molar-refractivity contribution is 7.89. The third kappa shape index (κ3) is 1.84. The summed E-state index contributed by atoms with van der Waals surface area (Å²) in [7, 11) is -2.30. The van der Waals surface area contributed by atoms with Crippen molar-refractivity contribution in [3.63, 3.8) is 0 Å². The molecule has 0 aliphatic heterocycles. The van der Waals surface area contributed by atoms with Gasteiger partial charge >= 0.3 is 0 Å². The number of methoxy groups -OCH3 is 1. The van der Waals surface area contributed by atoms with E-state index in [-0.39, 0.29) is 11.7 Å². The van der Waals surface area contributed by atoms with Gasteiger partial charge in [0.1, 0.15) is 0 Å². The van der Waals surface area contributed by atoms with Crippen LogP contribution in [-0.4, -0.2) is 15.5 Å². The minimum absolute atomic E-state index is 0.169. The molecule has 0 aliphatic carbocycles. The minimum atomic E-state index is -3.76. The molecule has 0 unspecified atom stereocenters. The fraction of sp³-hybridized carbons (Fsp3) is 0.333. The largest absolute Gasteiger partial charge is 0.451 e. The number of ether oxygens (including phenoxy) is 1. The summed E-state index contributed by atoms with van der Waals surface area (Å²) in [5.41, 5.74) is 0.431. The molecule has 5 nitrogen and oxygen atoms in total. The van der Waals surface area contributed by atoms with Gasteiger partial charge in [-0.05, 0) is 6.07 Å². The maximum atomic E-state index is 10.8. The summed E-state index contributed by atoms with van der Waals surface area (Å²) in [5.74, 6) is 0. The molecule has 12 heavy (non-hydrogen) atoms. The molecule has 0 atom stereocenters. The highest BCUT2D eigenvalue weighted by atomic mass is 32.2. The lowest BCUT2D eigenvalue weighted by Crippen LogP contribution is -2.13. The van der Waals surface area contributed by atoms with Gasteiger partial charge in [-0.3, -0.25) is 0 Å². The molecule has 1 aromatic heterocycles. The zero-order valence-electron chi connectivity index (χ0n) is 6.48. The number of nitrogens with two attached hydrogens (primary N) is 1. The van der Waals surface area contributed by atoms with Gasteiger partial charge in [-0.15, -0.1) is 0 Å². The molecule has 0 aromatic carbocycles. The maximum Gasteiger partial charge on any atom is 0.271 e. The van der Waals surface area contributed by atoms with Gasteiger partial charge in [-0.1, -0.05) is 0 Å². The Balaban J connectivity index is 3.08. The van der Waals surface area contributed by atoms with Crippen LogP contribution in [0.4, 0.5) is 0 Å². The molecule has 0 fully saturated rings. The molecule has 0 saturated carbocycles. The third-order valence-corrected chi connectivity index (χ3v) is 2.14. The molecule has 0 bridgehead atoms. The first kappa shape index (κ1) is 9.24. The van der Waals surface area contributed by atoms with Crippen LogP contribution >= 0.6 is 0 Å². The van der Waals surface area contributed by atoms with E-state index in [1.807, 2.05) is 0 Å². The van der Waals surface area contributed by atoms with Gasteiger partial charge in [0.2, 0.25) is 5.09 Å². The van der Waals surface area contributed by atoms with Crippen LogP contribution in [0.5, 0.6) is 0 Å². The van der Waals surface area contributed by atoms with Crippen LogP contribution in [0, 0.1) is 0 Å². The summed E-state index contributed by atoms with van der Waals surface area (Å²) >= 11 is 0. The Bertz CT molecular complexity index is 353. The Morgan fingerprint density at radius 2 is 2.33 bits per heavy atom. The summed E-state index contributed by atoms with van der Waals surface area (Å²) < 4.78 is 31.1. The molecule has 0 saturated heterocycles. The lowest BCUT2D eigenvalue weighted by Gasteiger charge is -1.97. The molecular formula is C6H9NO4S. The van der Waals surface area contributed by atoms with E-state index >= 15 is 0 Å². The predicted molar refractivity (Wildman–Crippen MR) is 40.8 cm³/mol. The predicted octanol–water partition coefficient (Wildman–Crippen LogP) is 0.0734. The average molecular weight is 191 g/mol. The smallest absolute Gasteiger partial charge is 0.271 e. The molecule has 0 aliphatic rings. The average Bonchev–Trinajstić information content (AvgIpc) is 2.34. The van der Waals surface area contributed by atoms with Crippen LogP contribution in [0.15, 0.2) is 21.8 Å². The van der Waals surface area contributed by atoms with Crippen molar-refractivity contribution in [2.45, 2.75) is 11.7 Å². The van der Waals surface area contributed by atoms with E-state index < -0.39 is 10.0 Å². The Hall–Kier alpha value is -0.850. The zero-order valence-corrected chi connectivity index (χ0v) is 7.30. The van der Waals surface area contributed by atoms with E-state index in [9.17, 15) is 8.42 Å². The van der Waals surface area contributed by atoms with Gasteiger partial charge in [0, 0.05) is 12.7 Å². The lowest BCUT2D eigenvalue weighted by atomic mass is 10.4. The maximum absolute atomic E-state index is 10.8. The standard InChI is InChI=1S/C6H9NO4S/c1-10-4-5-2-3-11-6(5)12(7,8)9/h2-3H,4H2,1H3,(H2,7,8,9). The Labute approximate surface area is 70.2 Å². The molecule has 0 radical (unpaired) electrons. The summed E-state index contributed by atoms with van der Waals surface area (Å²) in [6, 6.07) is 1.50.